The minimum absolute atomic E-state index is 0.382. The van der Waals surface area contributed by atoms with E-state index in [1.807, 2.05) is 26.8 Å². The molecule has 1 fully saturated rings. The van der Waals surface area contributed by atoms with Gasteiger partial charge in [-0.05, 0) is 52.2 Å². The van der Waals surface area contributed by atoms with Crippen LogP contribution in [0.4, 0.5) is 0 Å². The van der Waals surface area contributed by atoms with Crippen molar-refractivity contribution in [3.63, 3.8) is 0 Å². The summed E-state index contributed by atoms with van der Waals surface area (Å²) in [4.78, 5) is 4.21. The molecule has 0 bridgehead atoms. The summed E-state index contributed by atoms with van der Waals surface area (Å²) in [7, 11) is 0. The number of nitriles is 1. The fourth-order valence-electron chi connectivity index (χ4n) is 2.02. The van der Waals surface area contributed by atoms with Crippen LogP contribution in [0.5, 0.6) is 0 Å². The number of hydrogen-bond donors (Lipinski definition) is 0. The fourth-order valence-corrected chi connectivity index (χ4v) is 2.41. The second kappa shape index (κ2) is 6.24. The third-order valence-electron chi connectivity index (χ3n) is 3.28. The van der Waals surface area contributed by atoms with Gasteiger partial charge in [-0.2, -0.15) is 5.26 Å². The fraction of sp³-hybridized carbons (Fsp3) is 0.412. The first-order valence-corrected chi connectivity index (χ1v) is 6.98. The number of nitrogens with zero attached hydrogens (tertiary/aromatic N) is 2. The Labute approximate surface area is 126 Å². The van der Waals surface area contributed by atoms with E-state index in [0.29, 0.717) is 10.9 Å². The van der Waals surface area contributed by atoms with E-state index in [1.165, 1.54) is 0 Å². The van der Waals surface area contributed by atoms with Gasteiger partial charge in [0.15, 0.2) is 0 Å². The van der Waals surface area contributed by atoms with E-state index in [0.717, 1.165) is 35.1 Å². The average molecular weight is 289 g/mol. The second-order valence-corrected chi connectivity index (χ2v) is 5.94. The monoisotopic (exact) mass is 288 g/mol. The van der Waals surface area contributed by atoms with Gasteiger partial charge < -0.3 is 0 Å². The minimum atomic E-state index is -0.382. The van der Waals surface area contributed by atoms with E-state index < -0.39 is 0 Å². The number of hydrogen-bond acceptors (Lipinski definition) is 2. The minimum Gasteiger partial charge on any atom is -0.241 e. The van der Waals surface area contributed by atoms with Gasteiger partial charge in [0.05, 0.1) is 11.5 Å². The van der Waals surface area contributed by atoms with Crippen LogP contribution in [0.3, 0.4) is 0 Å². The summed E-state index contributed by atoms with van der Waals surface area (Å²) in [6.07, 6.45) is 3.73. The van der Waals surface area contributed by atoms with Gasteiger partial charge in [-0.15, -0.1) is 0 Å². The Morgan fingerprint density at radius 3 is 2.10 bits per heavy atom. The molecule has 0 aromatic heterocycles. The van der Waals surface area contributed by atoms with Gasteiger partial charge in [0, 0.05) is 11.3 Å². The van der Waals surface area contributed by atoms with Gasteiger partial charge in [-0.1, -0.05) is 35.9 Å². The molecule has 1 aliphatic carbocycles. The molecular weight excluding hydrogens is 268 g/mol. The summed E-state index contributed by atoms with van der Waals surface area (Å²) < 4.78 is 0. The summed E-state index contributed by atoms with van der Waals surface area (Å²) in [6.45, 7) is 15.4. The van der Waals surface area contributed by atoms with E-state index >= 15 is 0 Å². The van der Waals surface area contributed by atoms with Crippen molar-refractivity contribution in [2.75, 3.05) is 0 Å². The second-order valence-electron chi connectivity index (χ2n) is 5.58. The Bertz CT molecular complexity index is 575. The van der Waals surface area contributed by atoms with Crippen molar-refractivity contribution in [3.8, 4) is 6.07 Å². The highest BCUT2D eigenvalue weighted by Gasteiger charge is 2.46. The number of allylic oxidation sites excluding steroid dienone is 6. The van der Waals surface area contributed by atoms with Crippen LogP contribution >= 0.6 is 11.6 Å². The van der Waals surface area contributed by atoms with E-state index in [4.69, 9.17) is 11.6 Å². The first-order chi connectivity index (χ1) is 9.23. The van der Waals surface area contributed by atoms with Crippen LogP contribution in [0.25, 0.3) is 0 Å². The van der Waals surface area contributed by atoms with Crippen molar-refractivity contribution in [2.24, 2.45) is 10.4 Å². The van der Waals surface area contributed by atoms with Crippen LogP contribution in [0.1, 0.15) is 40.5 Å². The van der Waals surface area contributed by atoms with Crippen LogP contribution in [0, 0.1) is 16.7 Å². The molecule has 1 rings (SSSR count). The first-order valence-electron chi connectivity index (χ1n) is 6.60. The SMILES string of the molecule is C=C(C)N=C(Cl)C(/C=C(/C(=C)C)C1(C#N)CC1)=C(C)C. The highest BCUT2D eigenvalue weighted by Crippen LogP contribution is 2.53. The molecule has 1 saturated carbocycles. The number of halogens is 1. The van der Waals surface area contributed by atoms with Crippen LogP contribution in [-0.4, -0.2) is 5.17 Å². The number of aliphatic imine (C=N–C) groups is 1. The molecule has 0 atom stereocenters. The molecule has 0 heterocycles. The lowest BCUT2D eigenvalue weighted by atomic mass is 9.89. The van der Waals surface area contributed by atoms with Gasteiger partial charge >= 0.3 is 0 Å². The van der Waals surface area contributed by atoms with Crippen molar-refractivity contribution >= 4 is 16.8 Å². The van der Waals surface area contributed by atoms with Gasteiger partial charge in [-0.3, -0.25) is 0 Å². The molecule has 0 spiro atoms. The Morgan fingerprint density at radius 2 is 1.80 bits per heavy atom. The maximum absolute atomic E-state index is 9.39. The third-order valence-corrected chi connectivity index (χ3v) is 3.57. The molecule has 0 radical (unpaired) electrons. The van der Waals surface area contributed by atoms with Gasteiger partial charge in [0.1, 0.15) is 5.17 Å². The maximum Gasteiger partial charge on any atom is 0.136 e. The molecule has 0 N–H and O–H groups in total. The zero-order valence-corrected chi connectivity index (χ0v) is 13.4. The molecule has 106 valence electrons. The van der Waals surface area contributed by atoms with E-state index in [-0.39, 0.29) is 5.41 Å². The van der Waals surface area contributed by atoms with E-state index in [2.05, 4.69) is 24.2 Å². The van der Waals surface area contributed by atoms with Gasteiger partial charge in [0.2, 0.25) is 0 Å². The van der Waals surface area contributed by atoms with Crippen molar-refractivity contribution in [2.45, 2.75) is 40.5 Å². The van der Waals surface area contributed by atoms with Crippen molar-refractivity contribution in [3.05, 3.63) is 47.2 Å². The smallest absolute Gasteiger partial charge is 0.136 e. The van der Waals surface area contributed by atoms with Crippen molar-refractivity contribution < 1.29 is 0 Å². The zero-order chi connectivity index (χ0) is 15.5. The maximum atomic E-state index is 9.39. The largest absolute Gasteiger partial charge is 0.241 e. The Hall–Kier alpha value is -1.59. The molecular formula is C17H21ClN2. The quantitative estimate of drug-likeness (QED) is 0.499. The normalized spacial score (nSPS) is 17.2. The highest BCUT2D eigenvalue weighted by molar-refractivity contribution is 6.70. The zero-order valence-electron chi connectivity index (χ0n) is 12.7. The Kier molecular flexibility index (Phi) is 5.14. The molecule has 20 heavy (non-hydrogen) atoms. The van der Waals surface area contributed by atoms with Crippen LogP contribution < -0.4 is 0 Å². The standard InChI is InChI=1S/C17H21ClN2/c1-11(2)14(16(18)20-13(5)6)9-15(12(3)4)17(10-19)7-8-17/h9H,3,5,7-8H2,1-2,4,6H3/b15-9-,20-16?. The summed E-state index contributed by atoms with van der Waals surface area (Å²) in [5, 5.41) is 9.79. The Morgan fingerprint density at radius 1 is 1.25 bits per heavy atom. The third kappa shape index (κ3) is 3.71. The van der Waals surface area contributed by atoms with Crippen molar-refractivity contribution in [1.29, 1.82) is 5.26 Å². The summed E-state index contributed by atoms with van der Waals surface area (Å²) in [5.74, 6) is 0. The van der Waals surface area contributed by atoms with Gasteiger partial charge in [0.25, 0.3) is 0 Å². The highest BCUT2D eigenvalue weighted by atomic mass is 35.5. The molecule has 2 nitrogen and oxygen atoms in total. The average Bonchev–Trinajstić information content (AvgIpc) is 3.08. The molecule has 0 aromatic carbocycles. The van der Waals surface area contributed by atoms with Crippen LogP contribution in [0.15, 0.2) is 52.2 Å². The van der Waals surface area contributed by atoms with Crippen LogP contribution in [-0.2, 0) is 0 Å². The molecule has 0 amide bonds. The molecule has 1 aliphatic rings. The lowest BCUT2D eigenvalue weighted by Crippen LogP contribution is -2.05. The van der Waals surface area contributed by atoms with E-state index in [1.54, 1.807) is 6.92 Å². The Balaban J connectivity index is 3.34. The number of rotatable bonds is 5. The lowest BCUT2D eigenvalue weighted by Gasteiger charge is -2.14. The molecule has 0 unspecified atom stereocenters. The molecule has 3 heteroatoms. The van der Waals surface area contributed by atoms with Crippen molar-refractivity contribution in [1.82, 2.24) is 0 Å². The molecule has 0 saturated heterocycles. The first kappa shape index (κ1) is 16.5. The lowest BCUT2D eigenvalue weighted by molar-refractivity contribution is 0.812. The molecule has 0 aliphatic heterocycles. The van der Waals surface area contributed by atoms with E-state index in [9.17, 15) is 5.26 Å². The predicted octanol–water partition coefficient (Wildman–Crippen LogP) is 5.30. The molecule has 0 aromatic rings. The predicted molar refractivity (Wildman–Crippen MR) is 86.7 cm³/mol. The summed E-state index contributed by atoms with van der Waals surface area (Å²) in [6, 6.07) is 2.41. The van der Waals surface area contributed by atoms with Gasteiger partial charge in [-0.25, -0.2) is 4.99 Å². The van der Waals surface area contributed by atoms with Crippen LogP contribution in [0.2, 0.25) is 0 Å². The summed E-state index contributed by atoms with van der Waals surface area (Å²) >= 11 is 6.27. The summed E-state index contributed by atoms with van der Waals surface area (Å²) in [5.41, 5.74) is 4.03. The topological polar surface area (TPSA) is 36.1 Å².